The average molecular weight is 604 g/mol. The molecular weight excluding hydrogens is 597 g/mol. The fourth-order valence-corrected chi connectivity index (χ4v) is 3.35. The highest BCUT2D eigenvalue weighted by atomic mass is 127. The number of hydrogen-bond donors (Lipinski definition) is 1. The molecule has 1 N–H and O–H groups in total. The Kier molecular flexibility index (Phi) is 6.93. The summed E-state index contributed by atoms with van der Waals surface area (Å²) < 4.78 is 132. The SMILES string of the molecule is O=C(Nc1c(I)cc(C(F)(C(F)(F)F)C(F)(F)F)cc1C(F)(F)F)c1cccc([N+](=O)[O-])c1. The Morgan fingerprint density at radius 3 is 1.91 bits per heavy atom. The van der Waals surface area contributed by atoms with Gasteiger partial charge in [-0.2, -0.15) is 39.5 Å². The van der Waals surface area contributed by atoms with E-state index in [-0.39, 0.29) is 6.07 Å². The molecule has 16 heteroatoms. The molecule has 0 saturated heterocycles. The highest BCUT2D eigenvalue weighted by Crippen LogP contribution is 2.54. The minimum Gasteiger partial charge on any atom is -0.320 e. The molecule has 0 aromatic heterocycles. The molecule has 0 bridgehead atoms. The molecule has 33 heavy (non-hydrogen) atoms. The number of nitro benzene ring substituents is 1. The number of nitrogens with zero attached hydrogens (tertiary/aromatic N) is 1. The van der Waals surface area contributed by atoms with E-state index in [9.17, 15) is 58.8 Å². The van der Waals surface area contributed by atoms with Crippen LogP contribution in [0.1, 0.15) is 21.5 Å². The number of halogens is 11. The van der Waals surface area contributed by atoms with E-state index in [1.807, 2.05) is 0 Å². The van der Waals surface area contributed by atoms with Crippen molar-refractivity contribution in [2.24, 2.45) is 0 Å². The number of carbonyl (C=O) groups is 1. The van der Waals surface area contributed by atoms with E-state index in [4.69, 9.17) is 0 Å². The fraction of sp³-hybridized carbons (Fsp3) is 0.235. The average Bonchev–Trinajstić information content (AvgIpc) is 2.65. The summed E-state index contributed by atoms with van der Waals surface area (Å²) in [7, 11) is 0. The molecule has 0 aliphatic heterocycles. The minimum absolute atomic E-state index is 0.139. The van der Waals surface area contributed by atoms with Crippen LogP contribution < -0.4 is 5.32 Å². The van der Waals surface area contributed by atoms with Crippen LogP contribution in [0, 0.1) is 13.7 Å². The van der Waals surface area contributed by atoms with Gasteiger partial charge in [0.15, 0.2) is 0 Å². The van der Waals surface area contributed by atoms with E-state index < -0.39 is 72.7 Å². The van der Waals surface area contributed by atoms with Gasteiger partial charge < -0.3 is 5.32 Å². The van der Waals surface area contributed by atoms with Gasteiger partial charge in [0.05, 0.1) is 16.2 Å². The molecule has 1 amide bonds. The number of nitrogens with one attached hydrogen (secondary N) is 1. The second kappa shape index (κ2) is 8.60. The van der Waals surface area contributed by atoms with Gasteiger partial charge in [-0.05, 0) is 40.8 Å². The Morgan fingerprint density at radius 1 is 0.909 bits per heavy atom. The molecule has 5 nitrogen and oxygen atoms in total. The molecule has 0 heterocycles. The molecule has 2 aromatic carbocycles. The second-order valence-electron chi connectivity index (χ2n) is 6.29. The van der Waals surface area contributed by atoms with Crippen molar-refractivity contribution < 1.29 is 53.6 Å². The zero-order valence-electron chi connectivity index (χ0n) is 15.3. The summed E-state index contributed by atoms with van der Waals surface area (Å²) >= 11 is 0.894. The standard InChI is InChI=1S/C17H7F10IN2O3/c18-14(16(22,23)24,17(25,26)27)8-5-10(15(19,20)21)12(11(28)6-8)29-13(31)7-2-1-3-9(4-7)30(32)33/h1-6H,(H,29,31). The van der Waals surface area contributed by atoms with Gasteiger partial charge in [0.2, 0.25) is 0 Å². The van der Waals surface area contributed by atoms with Crippen LogP contribution in [0.2, 0.25) is 0 Å². The van der Waals surface area contributed by atoms with Gasteiger partial charge in [0.1, 0.15) is 0 Å². The maximum absolute atomic E-state index is 14.3. The van der Waals surface area contributed by atoms with E-state index in [2.05, 4.69) is 0 Å². The third kappa shape index (κ3) is 5.14. The maximum atomic E-state index is 14.3. The predicted molar refractivity (Wildman–Crippen MR) is 100 cm³/mol. The molecule has 0 radical (unpaired) electrons. The number of benzene rings is 2. The van der Waals surface area contributed by atoms with Crippen LogP contribution in [0.25, 0.3) is 0 Å². The van der Waals surface area contributed by atoms with Gasteiger partial charge in [0.25, 0.3) is 11.6 Å². The first-order valence-corrected chi connectivity index (χ1v) is 9.18. The molecule has 2 aromatic rings. The molecule has 0 spiro atoms. The molecule has 0 saturated carbocycles. The second-order valence-corrected chi connectivity index (χ2v) is 7.46. The van der Waals surface area contributed by atoms with Gasteiger partial charge >= 0.3 is 24.2 Å². The number of alkyl halides is 10. The minimum atomic E-state index is -6.66. The predicted octanol–water partition coefficient (Wildman–Crippen LogP) is 6.76. The third-order valence-corrected chi connectivity index (χ3v) is 4.98. The van der Waals surface area contributed by atoms with E-state index in [1.165, 1.54) is 0 Å². The van der Waals surface area contributed by atoms with E-state index in [1.54, 1.807) is 5.32 Å². The van der Waals surface area contributed by atoms with Crippen LogP contribution in [0.5, 0.6) is 0 Å². The number of amides is 1. The van der Waals surface area contributed by atoms with Crippen molar-refractivity contribution in [1.29, 1.82) is 0 Å². The summed E-state index contributed by atoms with van der Waals surface area (Å²) in [6, 6.07) is 2.74. The van der Waals surface area contributed by atoms with Gasteiger partial charge in [-0.1, -0.05) is 6.07 Å². The van der Waals surface area contributed by atoms with Crippen molar-refractivity contribution in [3.05, 3.63) is 66.8 Å². The topological polar surface area (TPSA) is 72.2 Å². The molecule has 180 valence electrons. The molecule has 0 unspecified atom stereocenters. The Balaban J connectivity index is 2.68. The highest BCUT2D eigenvalue weighted by Gasteiger charge is 2.73. The monoisotopic (exact) mass is 604 g/mol. The van der Waals surface area contributed by atoms with Gasteiger partial charge in [-0.25, -0.2) is 4.39 Å². The lowest BCUT2D eigenvalue weighted by Crippen LogP contribution is -2.50. The van der Waals surface area contributed by atoms with Gasteiger partial charge in [-0.3, -0.25) is 14.9 Å². The van der Waals surface area contributed by atoms with Crippen molar-refractivity contribution in [2.45, 2.75) is 24.2 Å². The van der Waals surface area contributed by atoms with Gasteiger partial charge in [-0.15, -0.1) is 0 Å². The van der Waals surface area contributed by atoms with E-state index in [0.29, 0.717) is 6.07 Å². The van der Waals surface area contributed by atoms with Crippen molar-refractivity contribution >= 4 is 39.9 Å². The van der Waals surface area contributed by atoms with Crippen molar-refractivity contribution in [3.63, 3.8) is 0 Å². The largest absolute Gasteiger partial charge is 0.435 e. The number of rotatable bonds is 4. The smallest absolute Gasteiger partial charge is 0.320 e. The van der Waals surface area contributed by atoms with E-state index in [0.717, 1.165) is 40.8 Å². The number of hydrogen-bond acceptors (Lipinski definition) is 3. The zero-order chi connectivity index (χ0) is 25.6. The zero-order valence-corrected chi connectivity index (χ0v) is 17.5. The number of nitro groups is 1. The van der Waals surface area contributed by atoms with Crippen LogP contribution in [-0.4, -0.2) is 23.2 Å². The van der Waals surface area contributed by atoms with Crippen molar-refractivity contribution in [3.8, 4) is 0 Å². The summed E-state index contributed by atoms with van der Waals surface area (Å²) in [6.45, 7) is 0. The number of carbonyl (C=O) groups excluding carboxylic acids is 1. The van der Waals surface area contributed by atoms with Crippen LogP contribution in [0.3, 0.4) is 0 Å². The molecular formula is C17H7F10IN2O3. The lowest BCUT2D eigenvalue weighted by atomic mass is 9.92. The third-order valence-electron chi connectivity index (χ3n) is 4.13. The van der Waals surface area contributed by atoms with Crippen molar-refractivity contribution in [2.75, 3.05) is 5.32 Å². The van der Waals surface area contributed by atoms with Crippen LogP contribution in [0.15, 0.2) is 36.4 Å². The normalized spacial score (nSPS) is 13.1. The maximum Gasteiger partial charge on any atom is 0.435 e. The first-order chi connectivity index (χ1) is 14.8. The Bertz CT molecular complexity index is 1080. The lowest BCUT2D eigenvalue weighted by Gasteiger charge is -2.31. The quantitative estimate of drug-likeness (QED) is 0.182. The number of anilines is 1. The Morgan fingerprint density at radius 2 is 1.45 bits per heavy atom. The molecule has 0 atom stereocenters. The van der Waals surface area contributed by atoms with Crippen LogP contribution in [-0.2, 0) is 11.8 Å². The summed E-state index contributed by atoms with van der Waals surface area (Å²) in [5.74, 6) is -1.40. The highest BCUT2D eigenvalue weighted by molar-refractivity contribution is 14.1. The molecule has 2 rings (SSSR count). The summed E-state index contributed by atoms with van der Waals surface area (Å²) in [4.78, 5) is 22.1. The Labute approximate surface area is 190 Å². The van der Waals surface area contributed by atoms with Crippen molar-refractivity contribution in [1.82, 2.24) is 0 Å². The first kappa shape index (κ1) is 26.6. The molecule has 0 aliphatic carbocycles. The summed E-state index contributed by atoms with van der Waals surface area (Å²) in [6.07, 6.45) is -18.9. The lowest BCUT2D eigenvalue weighted by molar-refractivity contribution is -0.384. The molecule has 0 aliphatic rings. The molecule has 0 fully saturated rings. The summed E-state index contributed by atoms with van der Waals surface area (Å²) in [5, 5.41) is 12.4. The van der Waals surface area contributed by atoms with Crippen LogP contribution in [0.4, 0.5) is 55.3 Å². The summed E-state index contributed by atoms with van der Waals surface area (Å²) in [5.41, 5.74) is -13.2. The van der Waals surface area contributed by atoms with Crippen LogP contribution >= 0.6 is 22.6 Å². The Hall–Kier alpha value is -2.66. The van der Waals surface area contributed by atoms with Gasteiger partial charge in [0, 0.05) is 26.8 Å². The van der Waals surface area contributed by atoms with E-state index >= 15 is 0 Å². The fourth-order valence-electron chi connectivity index (χ4n) is 2.59. The first-order valence-electron chi connectivity index (χ1n) is 8.10. The number of non-ortho nitro benzene ring substituents is 1.